The van der Waals surface area contributed by atoms with E-state index in [0.717, 1.165) is 31.3 Å². The van der Waals surface area contributed by atoms with Gasteiger partial charge in [-0.3, -0.25) is 9.59 Å². The van der Waals surface area contributed by atoms with Crippen LogP contribution in [-0.2, 0) is 11.2 Å². The number of hydrogen-bond donors (Lipinski definition) is 2. The van der Waals surface area contributed by atoms with Crippen molar-refractivity contribution in [3.05, 3.63) is 53.5 Å². The minimum absolute atomic E-state index is 0.143. The molecule has 0 radical (unpaired) electrons. The number of fused-ring (bicyclic) bond motifs is 1. The molecule has 4 rings (SSSR count). The zero-order valence-corrected chi connectivity index (χ0v) is 16.6. The molecule has 4 unspecified atom stereocenters. The molecule has 2 amide bonds. The van der Waals surface area contributed by atoms with Gasteiger partial charge in [0.15, 0.2) is 5.69 Å². The molecule has 7 nitrogen and oxygen atoms in total. The normalized spacial score (nSPS) is 29.2. The first-order chi connectivity index (χ1) is 14.0. The molecule has 0 bridgehead atoms. The Labute approximate surface area is 170 Å². The molecule has 1 saturated heterocycles. The maximum atomic E-state index is 12.9. The highest BCUT2D eigenvalue weighted by atomic mass is 16.5. The molecule has 1 aliphatic heterocycles. The quantitative estimate of drug-likeness (QED) is 0.759. The third-order valence-electron chi connectivity index (χ3n) is 6.09. The summed E-state index contributed by atoms with van der Waals surface area (Å²) in [5.41, 5.74) is 0.976. The fraction of sp³-hybridized carbons (Fsp3) is 0.500. The van der Waals surface area contributed by atoms with E-state index in [0.29, 0.717) is 18.1 Å². The van der Waals surface area contributed by atoms with Crippen molar-refractivity contribution in [2.24, 2.45) is 5.92 Å². The van der Waals surface area contributed by atoms with E-state index in [2.05, 4.69) is 22.6 Å². The Morgan fingerprint density at radius 1 is 1.34 bits per heavy atom. The number of carbonyl (C=O) groups excluding carboxylic acids is 2. The molecule has 3 aliphatic rings. The molecule has 4 atom stereocenters. The fourth-order valence-electron chi connectivity index (χ4n) is 4.40. The number of likely N-dealkylation sites (N-methyl/N-ethyl adjacent to an activating group) is 1. The Morgan fingerprint density at radius 2 is 2.21 bits per heavy atom. The van der Waals surface area contributed by atoms with Gasteiger partial charge in [0.25, 0.3) is 5.91 Å². The summed E-state index contributed by atoms with van der Waals surface area (Å²) in [4.78, 5) is 27.2. The molecule has 0 saturated carbocycles. The number of carbonyl (C=O) groups is 2. The van der Waals surface area contributed by atoms with Gasteiger partial charge in [0.1, 0.15) is 11.8 Å². The first-order valence-corrected chi connectivity index (χ1v) is 10.3. The largest absolute Gasteiger partial charge is 0.389 e. The second-order valence-corrected chi connectivity index (χ2v) is 8.11. The Hall–Kier alpha value is -2.67. The number of hydrogen-bond acceptors (Lipinski definition) is 5. The maximum absolute atomic E-state index is 12.9. The van der Waals surface area contributed by atoms with Crippen LogP contribution in [0.3, 0.4) is 0 Å². The van der Waals surface area contributed by atoms with Gasteiger partial charge in [-0.2, -0.15) is 0 Å². The number of likely N-dealkylation sites (tertiary alicyclic amines) is 1. The lowest BCUT2D eigenvalue weighted by molar-refractivity contribution is -0.132. The van der Waals surface area contributed by atoms with E-state index in [1.807, 2.05) is 18.2 Å². The number of aliphatic hydroxyl groups excluding tert-OH is 1. The van der Waals surface area contributed by atoms with Crippen molar-refractivity contribution >= 4 is 11.8 Å². The third-order valence-corrected chi connectivity index (χ3v) is 6.09. The summed E-state index contributed by atoms with van der Waals surface area (Å²) in [7, 11) is 1.71. The first kappa shape index (κ1) is 19.6. The van der Waals surface area contributed by atoms with Crippen molar-refractivity contribution in [3.63, 3.8) is 0 Å². The number of aliphatic hydroxyl groups is 1. The zero-order valence-electron chi connectivity index (χ0n) is 16.6. The van der Waals surface area contributed by atoms with Gasteiger partial charge in [0.2, 0.25) is 5.91 Å². The van der Waals surface area contributed by atoms with E-state index in [1.54, 1.807) is 18.0 Å². The molecule has 1 aromatic heterocycles. The molecular formula is C22H27N3O4. The van der Waals surface area contributed by atoms with Crippen LogP contribution in [0.1, 0.15) is 48.4 Å². The molecule has 1 fully saturated rings. The molecule has 2 heterocycles. The van der Waals surface area contributed by atoms with Crippen LogP contribution in [0, 0.1) is 5.92 Å². The summed E-state index contributed by atoms with van der Waals surface area (Å²) in [6.07, 6.45) is 14.0. The average molecular weight is 397 g/mol. The van der Waals surface area contributed by atoms with E-state index in [-0.39, 0.29) is 24.1 Å². The Morgan fingerprint density at radius 3 is 3.00 bits per heavy atom. The van der Waals surface area contributed by atoms with Gasteiger partial charge in [-0.15, -0.1) is 0 Å². The topological polar surface area (TPSA) is 95.7 Å². The van der Waals surface area contributed by atoms with Gasteiger partial charge >= 0.3 is 0 Å². The summed E-state index contributed by atoms with van der Waals surface area (Å²) in [6, 6.07) is 0.673. The monoisotopic (exact) mass is 397 g/mol. The summed E-state index contributed by atoms with van der Waals surface area (Å²) in [6.45, 7) is 0. The van der Waals surface area contributed by atoms with Gasteiger partial charge in [-0.1, -0.05) is 35.5 Å². The lowest BCUT2D eigenvalue weighted by Crippen LogP contribution is -2.48. The minimum atomic E-state index is -0.808. The number of rotatable bonds is 4. The van der Waals surface area contributed by atoms with Gasteiger partial charge < -0.3 is 19.8 Å². The van der Waals surface area contributed by atoms with E-state index in [1.165, 1.54) is 0 Å². The van der Waals surface area contributed by atoms with Gasteiger partial charge in [0, 0.05) is 26.0 Å². The lowest BCUT2D eigenvalue weighted by Gasteiger charge is -2.30. The maximum Gasteiger partial charge on any atom is 0.274 e. The van der Waals surface area contributed by atoms with Gasteiger partial charge in [-0.25, -0.2) is 0 Å². The predicted molar refractivity (Wildman–Crippen MR) is 107 cm³/mol. The zero-order chi connectivity index (χ0) is 20.4. The third kappa shape index (κ3) is 4.19. The van der Waals surface area contributed by atoms with Crippen molar-refractivity contribution in [3.8, 4) is 0 Å². The van der Waals surface area contributed by atoms with Crippen LogP contribution in [0.5, 0.6) is 0 Å². The van der Waals surface area contributed by atoms with E-state index in [4.69, 9.17) is 4.52 Å². The molecule has 7 heteroatoms. The number of nitrogens with zero attached hydrogens (tertiary/aromatic N) is 2. The standard InChI is InChI=1S/C22H27N3O4/c1-25-19-10-6-5-9-16(19)20(26)13-18(22(25)28)23-21(27)17-12-15(29-24-17)11-14-7-3-2-4-8-14/h2-3,5-6,9,12,14,18-20,26H,4,7-8,10-11,13H2,1H3,(H,23,27). The SMILES string of the molecule is CN1C(=O)C(NC(=O)c2cc(CC3CC=CCC3)on2)CC(O)C2=CC=CCC21. The van der Waals surface area contributed by atoms with E-state index < -0.39 is 18.1 Å². The highest BCUT2D eigenvalue weighted by molar-refractivity contribution is 5.96. The van der Waals surface area contributed by atoms with Crippen LogP contribution in [0.25, 0.3) is 0 Å². The second kappa shape index (κ2) is 8.37. The average Bonchev–Trinajstić information content (AvgIpc) is 3.18. The predicted octanol–water partition coefficient (Wildman–Crippen LogP) is 2.15. The van der Waals surface area contributed by atoms with Crippen molar-refractivity contribution in [2.75, 3.05) is 7.05 Å². The molecule has 2 aliphatic carbocycles. The summed E-state index contributed by atoms with van der Waals surface area (Å²) < 4.78 is 5.35. The van der Waals surface area contributed by atoms with E-state index >= 15 is 0 Å². The number of aromatic nitrogens is 1. The van der Waals surface area contributed by atoms with Gasteiger partial charge in [0.05, 0.1) is 12.1 Å². The molecule has 0 aromatic carbocycles. The molecule has 2 N–H and O–H groups in total. The Balaban J connectivity index is 1.42. The first-order valence-electron chi connectivity index (χ1n) is 10.3. The summed E-state index contributed by atoms with van der Waals surface area (Å²) >= 11 is 0. The number of amides is 2. The van der Waals surface area contributed by atoms with Crippen LogP contribution in [0.2, 0.25) is 0 Å². The van der Waals surface area contributed by atoms with Crippen LogP contribution >= 0.6 is 0 Å². The van der Waals surface area contributed by atoms with E-state index in [9.17, 15) is 14.7 Å². The van der Waals surface area contributed by atoms with Crippen LogP contribution < -0.4 is 5.32 Å². The summed E-state index contributed by atoms with van der Waals surface area (Å²) in [5.74, 6) is 0.515. The second-order valence-electron chi connectivity index (χ2n) is 8.11. The highest BCUT2D eigenvalue weighted by Gasteiger charge is 2.38. The molecular weight excluding hydrogens is 370 g/mol. The van der Waals surface area contributed by atoms with Gasteiger partial charge in [-0.05, 0) is 37.2 Å². The molecule has 0 spiro atoms. The summed E-state index contributed by atoms with van der Waals surface area (Å²) in [5, 5.41) is 17.2. The highest BCUT2D eigenvalue weighted by Crippen LogP contribution is 2.28. The van der Waals surface area contributed by atoms with Crippen LogP contribution in [0.4, 0.5) is 0 Å². The van der Waals surface area contributed by atoms with Crippen molar-refractivity contribution in [1.29, 1.82) is 0 Å². The molecule has 29 heavy (non-hydrogen) atoms. The molecule has 154 valence electrons. The van der Waals surface area contributed by atoms with Crippen molar-refractivity contribution < 1.29 is 19.2 Å². The smallest absolute Gasteiger partial charge is 0.274 e. The van der Waals surface area contributed by atoms with Crippen LogP contribution in [0.15, 0.2) is 46.5 Å². The molecule has 1 aromatic rings. The number of nitrogens with one attached hydrogen (secondary N) is 1. The minimum Gasteiger partial charge on any atom is -0.389 e. The van der Waals surface area contributed by atoms with Crippen molar-refractivity contribution in [2.45, 2.75) is 56.7 Å². The van der Waals surface area contributed by atoms with Crippen molar-refractivity contribution in [1.82, 2.24) is 15.4 Å². The lowest BCUT2D eigenvalue weighted by atomic mass is 9.90. The van der Waals surface area contributed by atoms with Crippen LogP contribution in [-0.4, -0.2) is 52.2 Å². The fourth-order valence-corrected chi connectivity index (χ4v) is 4.40. The Bertz CT molecular complexity index is 869. The Kier molecular flexibility index (Phi) is 5.67. The number of allylic oxidation sites excluding steroid dienone is 4.